The topological polar surface area (TPSA) is 103 Å². The van der Waals surface area contributed by atoms with E-state index in [4.69, 9.17) is 23.2 Å². The van der Waals surface area contributed by atoms with Crippen LogP contribution in [-0.4, -0.2) is 67.7 Å². The Labute approximate surface area is 262 Å². The second-order valence-electron chi connectivity index (χ2n) is 11.8. The first kappa shape index (κ1) is 29.9. The van der Waals surface area contributed by atoms with Crippen molar-refractivity contribution in [3.05, 3.63) is 80.1 Å². The van der Waals surface area contributed by atoms with E-state index in [1.54, 1.807) is 30.3 Å². The van der Waals surface area contributed by atoms with Gasteiger partial charge in [0.05, 0.1) is 21.8 Å². The molecule has 11 heteroatoms. The number of amides is 2. The highest BCUT2D eigenvalue weighted by Gasteiger charge is 2.32. The standard InChI is InChI=1S/C32H34Cl2N4O4S/c1-19-29(35-20(2)30(19)32(40)38-13-10-21(17-38)16-37-11-3-4-12-37)15-24-23-14-22(8-9-28(23)36-31(24)39)43(41,42)18-25-26(33)6-5-7-27(25)34/h5-9,14-15,21,35H,3-4,10-13,16-18H2,1-2H3,(H,36,39)/t21-/m1/s1. The van der Waals surface area contributed by atoms with E-state index in [0.717, 1.165) is 50.4 Å². The van der Waals surface area contributed by atoms with Crippen LogP contribution >= 0.6 is 23.2 Å². The van der Waals surface area contributed by atoms with Gasteiger partial charge in [0.1, 0.15) is 0 Å². The number of nitrogens with one attached hydrogen (secondary N) is 2. The molecule has 4 heterocycles. The van der Waals surface area contributed by atoms with Crippen LogP contribution < -0.4 is 5.32 Å². The lowest BCUT2D eigenvalue weighted by Crippen LogP contribution is -2.32. The number of benzene rings is 2. The van der Waals surface area contributed by atoms with E-state index in [2.05, 4.69) is 15.2 Å². The lowest BCUT2D eigenvalue weighted by atomic mass is 10.0. The summed E-state index contributed by atoms with van der Waals surface area (Å²) in [5, 5.41) is 3.36. The molecule has 1 aromatic heterocycles. The summed E-state index contributed by atoms with van der Waals surface area (Å²) in [6.45, 7) is 8.59. The molecule has 0 radical (unpaired) electrons. The zero-order chi connectivity index (χ0) is 30.5. The highest BCUT2D eigenvalue weighted by atomic mass is 35.5. The predicted molar refractivity (Wildman–Crippen MR) is 170 cm³/mol. The molecule has 2 fully saturated rings. The summed E-state index contributed by atoms with van der Waals surface area (Å²) in [6.07, 6.45) is 5.22. The Morgan fingerprint density at radius 2 is 1.79 bits per heavy atom. The summed E-state index contributed by atoms with van der Waals surface area (Å²) in [7, 11) is -3.83. The number of H-pyrrole nitrogens is 1. The quantitative estimate of drug-likeness (QED) is 0.310. The normalized spacial score (nSPS) is 19.8. The number of rotatable bonds is 7. The summed E-state index contributed by atoms with van der Waals surface area (Å²) in [6, 6.07) is 9.41. The van der Waals surface area contributed by atoms with E-state index >= 15 is 0 Å². The van der Waals surface area contributed by atoms with Gasteiger partial charge in [0.25, 0.3) is 11.8 Å². The molecule has 3 aromatic rings. The van der Waals surface area contributed by atoms with Gasteiger partial charge in [0.15, 0.2) is 9.84 Å². The summed E-state index contributed by atoms with van der Waals surface area (Å²) >= 11 is 12.5. The lowest BCUT2D eigenvalue weighted by molar-refractivity contribution is -0.110. The zero-order valence-electron chi connectivity index (χ0n) is 24.2. The lowest BCUT2D eigenvalue weighted by Gasteiger charge is -2.21. The summed E-state index contributed by atoms with van der Waals surface area (Å²) in [5.41, 5.74) is 4.40. The van der Waals surface area contributed by atoms with E-state index in [9.17, 15) is 18.0 Å². The van der Waals surface area contributed by atoms with Crippen molar-refractivity contribution >= 4 is 62.2 Å². The number of carbonyl (C=O) groups is 2. The summed E-state index contributed by atoms with van der Waals surface area (Å²) in [4.78, 5) is 34.5. The first-order chi connectivity index (χ1) is 20.5. The minimum Gasteiger partial charge on any atom is -0.358 e. The maximum absolute atomic E-state index is 13.6. The number of sulfone groups is 1. The number of likely N-dealkylation sites (tertiary alicyclic amines) is 2. The van der Waals surface area contributed by atoms with Crippen molar-refractivity contribution in [2.75, 3.05) is 38.0 Å². The molecule has 0 aliphatic carbocycles. The number of aromatic amines is 1. The van der Waals surface area contributed by atoms with Gasteiger partial charge in [0, 0.05) is 57.9 Å². The molecule has 8 nitrogen and oxygen atoms in total. The van der Waals surface area contributed by atoms with Crippen LogP contribution in [-0.2, 0) is 20.4 Å². The molecule has 3 aliphatic heterocycles. The number of hydrogen-bond donors (Lipinski definition) is 2. The fraction of sp³-hybridized carbons (Fsp3) is 0.375. The number of aryl methyl sites for hydroxylation is 1. The molecule has 6 rings (SSSR count). The molecule has 43 heavy (non-hydrogen) atoms. The van der Waals surface area contributed by atoms with Crippen LogP contribution in [0.2, 0.25) is 10.0 Å². The van der Waals surface area contributed by atoms with Gasteiger partial charge in [0.2, 0.25) is 0 Å². The van der Waals surface area contributed by atoms with E-state index in [-0.39, 0.29) is 32.5 Å². The van der Waals surface area contributed by atoms with Crippen molar-refractivity contribution in [2.45, 2.75) is 43.8 Å². The molecule has 2 amide bonds. The maximum atomic E-state index is 13.6. The maximum Gasteiger partial charge on any atom is 0.256 e. The number of nitrogens with zero attached hydrogens (tertiary/aromatic N) is 2. The Balaban J connectivity index is 1.26. The van der Waals surface area contributed by atoms with E-state index in [0.29, 0.717) is 39.6 Å². The Kier molecular flexibility index (Phi) is 8.19. The minimum absolute atomic E-state index is 0.00251. The Morgan fingerprint density at radius 1 is 1.07 bits per heavy atom. The van der Waals surface area contributed by atoms with Gasteiger partial charge in [-0.05, 0) is 94.1 Å². The fourth-order valence-electron chi connectivity index (χ4n) is 6.49. The van der Waals surface area contributed by atoms with Crippen LogP contribution in [0.15, 0.2) is 41.3 Å². The molecular formula is C32H34Cl2N4O4S. The van der Waals surface area contributed by atoms with E-state index in [1.807, 2.05) is 18.7 Å². The third-order valence-corrected chi connectivity index (χ3v) is 11.1. The van der Waals surface area contributed by atoms with Crippen molar-refractivity contribution in [1.29, 1.82) is 0 Å². The molecule has 226 valence electrons. The van der Waals surface area contributed by atoms with Crippen LogP contribution in [0.3, 0.4) is 0 Å². The van der Waals surface area contributed by atoms with Gasteiger partial charge < -0.3 is 20.1 Å². The van der Waals surface area contributed by atoms with Crippen LogP contribution in [0.5, 0.6) is 0 Å². The number of aromatic nitrogens is 1. The van der Waals surface area contributed by atoms with Crippen molar-refractivity contribution in [3.63, 3.8) is 0 Å². The smallest absolute Gasteiger partial charge is 0.256 e. The number of hydrogen-bond acceptors (Lipinski definition) is 5. The molecule has 2 N–H and O–H groups in total. The van der Waals surface area contributed by atoms with Crippen molar-refractivity contribution in [2.24, 2.45) is 5.92 Å². The van der Waals surface area contributed by atoms with E-state index < -0.39 is 9.84 Å². The van der Waals surface area contributed by atoms with Crippen molar-refractivity contribution < 1.29 is 18.0 Å². The largest absolute Gasteiger partial charge is 0.358 e. The number of carbonyl (C=O) groups excluding carboxylic acids is 2. The SMILES string of the molecule is Cc1[nH]c(C=C2C(=O)Nc3ccc(S(=O)(=O)Cc4c(Cl)cccc4Cl)cc32)c(C)c1C(=O)N1CC[C@H](CN2CCCC2)C1. The van der Waals surface area contributed by atoms with Crippen molar-refractivity contribution in [1.82, 2.24) is 14.8 Å². The molecule has 2 aromatic carbocycles. The first-order valence-electron chi connectivity index (χ1n) is 14.6. The van der Waals surface area contributed by atoms with Gasteiger partial charge in [-0.2, -0.15) is 0 Å². The van der Waals surface area contributed by atoms with Crippen LogP contribution in [0, 0.1) is 19.8 Å². The van der Waals surface area contributed by atoms with Gasteiger partial charge in [-0.3, -0.25) is 9.59 Å². The molecule has 0 saturated carbocycles. The van der Waals surface area contributed by atoms with Gasteiger partial charge in [-0.15, -0.1) is 0 Å². The average Bonchev–Trinajstić information content (AvgIpc) is 3.75. The van der Waals surface area contributed by atoms with Gasteiger partial charge in [-0.1, -0.05) is 29.3 Å². The fourth-order valence-corrected chi connectivity index (χ4v) is 8.61. The highest BCUT2D eigenvalue weighted by molar-refractivity contribution is 7.90. The molecule has 3 aliphatic rings. The Hall–Kier alpha value is -3.11. The Morgan fingerprint density at radius 3 is 2.51 bits per heavy atom. The molecule has 0 bridgehead atoms. The number of anilines is 1. The molecule has 2 saturated heterocycles. The van der Waals surface area contributed by atoms with Crippen LogP contribution in [0.1, 0.15) is 57.7 Å². The second kappa shape index (κ2) is 11.8. The average molecular weight is 642 g/mol. The summed E-state index contributed by atoms with van der Waals surface area (Å²) in [5.74, 6) is -0.230. The second-order valence-corrected chi connectivity index (χ2v) is 14.6. The first-order valence-corrected chi connectivity index (χ1v) is 17.0. The molecule has 1 atom stereocenters. The number of halogens is 2. The minimum atomic E-state index is -3.83. The Bertz CT molecular complexity index is 1740. The van der Waals surface area contributed by atoms with Crippen molar-refractivity contribution in [3.8, 4) is 0 Å². The van der Waals surface area contributed by atoms with E-state index in [1.165, 1.54) is 25.0 Å². The number of fused-ring (bicyclic) bond motifs is 1. The van der Waals surface area contributed by atoms with Gasteiger partial charge in [-0.25, -0.2) is 8.42 Å². The highest BCUT2D eigenvalue weighted by Crippen LogP contribution is 2.37. The zero-order valence-corrected chi connectivity index (χ0v) is 26.5. The summed E-state index contributed by atoms with van der Waals surface area (Å²) < 4.78 is 26.8. The monoisotopic (exact) mass is 640 g/mol. The third kappa shape index (κ3) is 5.88. The molecule has 0 unspecified atom stereocenters. The predicted octanol–water partition coefficient (Wildman–Crippen LogP) is 5.96. The third-order valence-electron chi connectivity index (χ3n) is 8.80. The molecule has 0 spiro atoms. The van der Waals surface area contributed by atoms with Crippen LogP contribution in [0.4, 0.5) is 5.69 Å². The van der Waals surface area contributed by atoms with Crippen LogP contribution in [0.25, 0.3) is 11.6 Å². The van der Waals surface area contributed by atoms with Gasteiger partial charge >= 0.3 is 0 Å². The molecular weight excluding hydrogens is 607 g/mol.